The fraction of sp³-hybridized carbons (Fsp3) is 0.500. The molecule has 1 aromatic rings. The minimum absolute atomic E-state index is 0.176. The summed E-state index contributed by atoms with van der Waals surface area (Å²) >= 11 is 5.78. The largest absolute Gasteiger partial charge is 0.478 e. The topological polar surface area (TPSA) is 58.6 Å². The van der Waals surface area contributed by atoms with Gasteiger partial charge in [0.1, 0.15) is 0 Å². The highest BCUT2D eigenvalue weighted by atomic mass is 35.5. The third kappa shape index (κ3) is 5.94. The summed E-state index contributed by atoms with van der Waals surface area (Å²) < 4.78 is 5.45. The van der Waals surface area contributed by atoms with Crippen molar-refractivity contribution in [1.29, 1.82) is 0 Å². The van der Waals surface area contributed by atoms with Gasteiger partial charge in [0.2, 0.25) is 0 Å². The van der Waals surface area contributed by atoms with Crippen molar-refractivity contribution in [1.82, 2.24) is 0 Å². The second kappa shape index (κ2) is 8.02. The van der Waals surface area contributed by atoms with E-state index in [1.54, 1.807) is 12.1 Å². The van der Waals surface area contributed by atoms with E-state index in [-0.39, 0.29) is 5.56 Å². The molecule has 19 heavy (non-hydrogen) atoms. The fourth-order valence-corrected chi connectivity index (χ4v) is 1.70. The van der Waals surface area contributed by atoms with E-state index in [0.29, 0.717) is 29.8 Å². The van der Waals surface area contributed by atoms with Gasteiger partial charge in [-0.1, -0.05) is 25.4 Å². The molecule has 4 nitrogen and oxygen atoms in total. The van der Waals surface area contributed by atoms with Crippen LogP contribution in [0.3, 0.4) is 0 Å². The van der Waals surface area contributed by atoms with Crippen LogP contribution in [0.2, 0.25) is 5.02 Å². The average molecular weight is 286 g/mol. The Kier molecular flexibility index (Phi) is 6.67. The van der Waals surface area contributed by atoms with Gasteiger partial charge in [-0.05, 0) is 30.5 Å². The van der Waals surface area contributed by atoms with Crippen LogP contribution in [-0.2, 0) is 4.74 Å². The number of hydrogen-bond acceptors (Lipinski definition) is 3. The maximum Gasteiger partial charge on any atom is 0.337 e. The number of aromatic carboxylic acids is 1. The van der Waals surface area contributed by atoms with Crippen molar-refractivity contribution in [2.45, 2.75) is 20.3 Å². The van der Waals surface area contributed by atoms with Crippen molar-refractivity contribution < 1.29 is 14.6 Å². The van der Waals surface area contributed by atoms with Gasteiger partial charge in [0.25, 0.3) is 0 Å². The van der Waals surface area contributed by atoms with Gasteiger partial charge < -0.3 is 15.2 Å². The van der Waals surface area contributed by atoms with Crippen LogP contribution in [0.15, 0.2) is 18.2 Å². The molecule has 0 spiro atoms. The first kappa shape index (κ1) is 15.8. The highest BCUT2D eigenvalue weighted by Gasteiger charge is 2.10. The lowest BCUT2D eigenvalue weighted by atomic mass is 10.1. The zero-order valence-corrected chi connectivity index (χ0v) is 12.0. The van der Waals surface area contributed by atoms with Crippen molar-refractivity contribution in [3.05, 3.63) is 28.8 Å². The van der Waals surface area contributed by atoms with Crippen LogP contribution in [0.25, 0.3) is 0 Å². The molecule has 0 aliphatic carbocycles. The summed E-state index contributed by atoms with van der Waals surface area (Å²) in [7, 11) is 0. The van der Waals surface area contributed by atoms with Crippen LogP contribution in [0, 0.1) is 5.92 Å². The zero-order chi connectivity index (χ0) is 14.3. The Morgan fingerprint density at radius 2 is 2.16 bits per heavy atom. The Balaban J connectivity index is 2.39. The van der Waals surface area contributed by atoms with Gasteiger partial charge in [-0.3, -0.25) is 0 Å². The lowest BCUT2D eigenvalue weighted by Gasteiger charge is -2.11. The lowest BCUT2D eigenvalue weighted by molar-refractivity contribution is 0.0697. The number of benzene rings is 1. The van der Waals surface area contributed by atoms with Crippen LogP contribution in [0.5, 0.6) is 0 Å². The molecule has 0 aromatic heterocycles. The van der Waals surface area contributed by atoms with E-state index in [1.807, 2.05) is 0 Å². The fourth-order valence-electron chi connectivity index (χ4n) is 1.53. The van der Waals surface area contributed by atoms with Crippen molar-refractivity contribution >= 4 is 23.3 Å². The Labute approximate surface area is 118 Å². The molecule has 0 radical (unpaired) electrons. The predicted octanol–water partition coefficient (Wildman–Crippen LogP) is 3.51. The van der Waals surface area contributed by atoms with Gasteiger partial charge >= 0.3 is 5.97 Å². The number of carboxylic acid groups (broad SMARTS) is 1. The SMILES string of the molecule is CC(C)CCOCCNc1ccc(Cl)cc1C(=O)O. The predicted molar refractivity (Wildman–Crippen MR) is 77.2 cm³/mol. The van der Waals surface area contributed by atoms with Gasteiger partial charge in [-0.2, -0.15) is 0 Å². The Bertz CT molecular complexity index is 421. The number of carbonyl (C=O) groups is 1. The molecular weight excluding hydrogens is 266 g/mol. The molecule has 106 valence electrons. The van der Waals surface area contributed by atoms with E-state index in [2.05, 4.69) is 19.2 Å². The number of anilines is 1. The molecule has 1 aromatic carbocycles. The van der Waals surface area contributed by atoms with Gasteiger partial charge in [-0.15, -0.1) is 0 Å². The number of rotatable bonds is 8. The number of hydrogen-bond donors (Lipinski definition) is 2. The van der Waals surface area contributed by atoms with Gasteiger partial charge in [0.05, 0.1) is 12.2 Å². The van der Waals surface area contributed by atoms with E-state index < -0.39 is 5.97 Å². The van der Waals surface area contributed by atoms with E-state index in [9.17, 15) is 4.79 Å². The van der Waals surface area contributed by atoms with Crippen LogP contribution >= 0.6 is 11.6 Å². The van der Waals surface area contributed by atoms with E-state index in [1.165, 1.54) is 6.07 Å². The molecule has 0 heterocycles. The number of nitrogens with one attached hydrogen (secondary N) is 1. The first-order valence-corrected chi connectivity index (χ1v) is 6.73. The Morgan fingerprint density at radius 3 is 2.79 bits per heavy atom. The summed E-state index contributed by atoms with van der Waals surface area (Å²) in [6.07, 6.45) is 1.03. The Morgan fingerprint density at radius 1 is 1.42 bits per heavy atom. The Hall–Kier alpha value is -1.26. The third-order valence-corrected chi connectivity index (χ3v) is 2.85. The minimum Gasteiger partial charge on any atom is -0.478 e. The highest BCUT2D eigenvalue weighted by molar-refractivity contribution is 6.31. The summed E-state index contributed by atoms with van der Waals surface area (Å²) in [5.41, 5.74) is 0.735. The lowest BCUT2D eigenvalue weighted by Crippen LogP contribution is -2.13. The molecule has 0 atom stereocenters. The zero-order valence-electron chi connectivity index (χ0n) is 11.3. The van der Waals surface area contributed by atoms with Crippen molar-refractivity contribution in [3.8, 4) is 0 Å². The normalized spacial score (nSPS) is 10.7. The smallest absolute Gasteiger partial charge is 0.337 e. The third-order valence-electron chi connectivity index (χ3n) is 2.61. The molecule has 0 aliphatic heterocycles. The number of carboxylic acids is 1. The van der Waals surface area contributed by atoms with E-state index in [4.69, 9.17) is 21.4 Å². The molecule has 0 unspecified atom stereocenters. The summed E-state index contributed by atoms with van der Waals surface area (Å²) in [5, 5.41) is 12.5. The summed E-state index contributed by atoms with van der Waals surface area (Å²) in [4.78, 5) is 11.1. The average Bonchev–Trinajstić information content (AvgIpc) is 2.34. The summed E-state index contributed by atoms with van der Waals surface area (Å²) in [5.74, 6) is -0.367. The molecule has 0 aliphatic rings. The summed E-state index contributed by atoms with van der Waals surface area (Å²) in [6.45, 7) is 6.14. The first-order valence-electron chi connectivity index (χ1n) is 6.35. The molecule has 0 fully saturated rings. The summed E-state index contributed by atoms with van der Waals surface area (Å²) in [6, 6.07) is 4.77. The number of halogens is 1. The van der Waals surface area contributed by atoms with Gasteiger partial charge in [0, 0.05) is 23.9 Å². The molecule has 0 saturated carbocycles. The molecule has 2 N–H and O–H groups in total. The van der Waals surface area contributed by atoms with Gasteiger partial charge in [0.15, 0.2) is 0 Å². The molecule has 0 saturated heterocycles. The number of ether oxygens (including phenoxy) is 1. The van der Waals surface area contributed by atoms with Crippen molar-refractivity contribution in [3.63, 3.8) is 0 Å². The van der Waals surface area contributed by atoms with E-state index in [0.717, 1.165) is 13.0 Å². The standard InChI is InChI=1S/C14H20ClNO3/c1-10(2)5-7-19-8-6-16-13-4-3-11(15)9-12(13)14(17)18/h3-4,9-10,16H,5-8H2,1-2H3,(H,17,18). The molecule has 1 rings (SSSR count). The highest BCUT2D eigenvalue weighted by Crippen LogP contribution is 2.20. The van der Waals surface area contributed by atoms with Crippen molar-refractivity contribution in [2.24, 2.45) is 5.92 Å². The molecular formula is C14H20ClNO3. The minimum atomic E-state index is -0.995. The van der Waals surface area contributed by atoms with Crippen LogP contribution < -0.4 is 5.32 Å². The maximum absolute atomic E-state index is 11.1. The monoisotopic (exact) mass is 285 g/mol. The second-order valence-electron chi connectivity index (χ2n) is 4.72. The first-order chi connectivity index (χ1) is 9.00. The molecule has 0 amide bonds. The quantitative estimate of drug-likeness (QED) is 0.718. The molecule has 5 heteroatoms. The van der Waals surface area contributed by atoms with Crippen LogP contribution in [-0.4, -0.2) is 30.8 Å². The molecule has 0 bridgehead atoms. The maximum atomic E-state index is 11.1. The van der Waals surface area contributed by atoms with Crippen LogP contribution in [0.1, 0.15) is 30.6 Å². The van der Waals surface area contributed by atoms with Crippen molar-refractivity contribution in [2.75, 3.05) is 25.1 Å². The van der Waals surface area contributed by atoms with Gasteiger partial charge in [-0.25, -0.2) is 4.79 Å². The van der Waals surface area contributed by atoms with E-state index >= 15 is 0 Å². The van der Waals surface area contributed by atoms with Crippen LogP contribution in [0.4, 0.5) is 5.69 Å². The second-order valence-corrected chi connectivity index (χ2v) is 5.15.